The molecule has 3 aliphatic rings. The summed E-state index contributed by atoms with van der Waals surface area (Å²) in [6.45, 7) is 3.64. The van der Waals surface area contributed by atoms with Crippen LogP contribution in [0.15, 0.2) is 18.2 Å². The molecular formula is C22H31N3O4. The molecule has 7 heteroatoms. The first kappa shape index (κ1) is 20.2. The Morgan fingerprint density at radius 3 is 2.66 bits per heavy atom. The molecule has 7 nitrogen and oxygen atoms in total. The zero-order valence-electron chi connectivity index (χ0n) is 17.6. The number of hydrogen-bond acceptors (Lipinski definition) is 6. The average molecular weight is 402 g/mol. The Hall–Kier alpha value is -2.12. The first-order valence-electron chi connectivity index (χ1n) is 10.5. The maximum atomic E-state index is 12.4. The Labute approximate surface area is 172 Å². The molecule has 29 heavy (non-hydrogen) atoms. The molecule has 0 radical (unpaired) electrons. The monoisotopic (exact) mass is 401 g/mol. The lowest BCUT2D eigenvalue weighted by Gasteiger charge is -2.45. The average Bonchev–Trinajstić information content (AvgIpc) is 3.00. The molecule has 158 valence electrons. The standard InChI is InChI=1S/C22H31N3O4/c1-23-10-4-5-17-13-16(6-7-19(17)23)15-24-11-8-22(9-12-24)18(21(27)28-2)14-20(26)25(22)29-3/h6-7,13,18H,4-5,8-12,14-15H2,1-3H3. The third kappa shape index (κ3) is 3.51. The zero-order valence-corrected chi connectivity index (χ0v) is 17.6. The smallest absolute Gasteiger partial charge is 0.311 e. The highest BCUT2D eigenvalue weighted by Gasteiger charge is 2.58. The molecule has 2 fully saturated rings. The van der Waals surface area contributed by atoms with Crippen molar-refractivity contribution in [2.45, 2.75) is 44.2 Å². The van der Waals surface area contributed by atoms with Gasteiger partial charge >= 0.3 is 5.97 Å². The Bertz CT molecular complexity index is 786. The number of amides is 1. The van der Waals surface area contributed by atoms with E-state index in [-0.39, 0.29) is 18.3 Å². The Morgan fingerprint density at radius 1 is 1.21 bits per heavy atom. The first-order valence-corrected chi connectivity index (χ1v) is 10.5. The molecule has 0 aliphatic carbocycles. The summed E-state index contributed by atoms with van der Waals surface area (Å²) in [5, 5.41) is 1.45. The predicted molar refractivity (Wildman–Crippen MR) is 109 cm³/mol. The normalized spacial score (nSPS) is 24.1. The van der Waals surface area contributed by atoms with E-state index in [1.165, 1.54) is 42.5 Å². The summed E-state index contributed by atoms with van der Waals surface area (Å²) >= 11 is 0. The number of carbonyl (C=O) groups excluding carboxylic acids is 2. The van der Waals surface area contributed by atoms with E-state index in [2.05, 4.69) is 35.0 Å². The number of benzene rings is 1. The van der Waals surface area contributed by atoms with Gasteiger partial charge in [-0.25, -0.2) is 5.06 Å². The number of nitrogens with zero attached hydrogens (tertiary/aromatic N) is 3. The van der Waals surface area contributed by atoms with Gasteiger partial charge in [0, 0.05) is 45.3 Å². The van der Waals surface area contributed by atoms with E-state index < -0.39 is 11.5 Å². The molecule has 1 aromatic carbocycles. The van der Waals surface area contributed by atoms with Crippen molar-refractivity contribution in [1.29, 1.82) is 0 Å². The molecular weight excluding hydrogens is 370 g/mol. The number of piperidine rings is 1. The van der Waals surface area contributed by atoms with Crippen LogP contribution in [0.25, 0.3) is 0 Å². The van der Waals surface area contributed by atoms with Crippen molar-refractivity contribution in [1.82, 2.24) is 9.96 Å². The van der Waals surface area contributed by atoms with Crippen LogP contribution in [0.3, 0.4) is 0 Å². The molecule has 0 saturated carbocycles. The SMILES string of the molecule is COC(=O)C1CC(=O)N(OC)C12CCN(Cc1ccc3c(c1)CCCN3C)CC2. The number of fused-ring (bicyclic) bond motifs is 1. The van der Waals surface area contributed by atoms with Crippen LogP contribution in [0.1, 0.15) is 36.8 Å². The highest BCUT2D eigenvalue weighted by atomic mass is 16.7. The van der Waals surface area contributed by atoms with Gasteiger partial charge in [0.15, 0.2) is 0 Å². The van der Waals surface area contributed by atoms with Gasteiger partial charge in [0.1, 0.15) is 0 Å². The lowest BCUT2D eigenvalue weighted by atomic mass is 9.77. The number of ether oxygens (including phenoxy) is 1. The van der Waals surface area contributed by atoms with Crippen molar-refractivity contribution in [3.63, 3.8) is 0 Å². The highest BCUT2D eigenvalue weighted by molar-refractivity contribution is 5.88. The van der Waals surface area contributed by atoms with Crippen LogP contribution < -0.4 is 4.90 Å². The molecule has 1 atom stereocenters. The molecule has 2 saturated heterocycles. The van der Waals surface area contributed by atoms with E-state index in [1.807, 2.05) is 0 Å². The summed E-state index contributed by atoms with van der Waals surface area (Å²) in [4.78, 5) is 34.9. The number of aryl methyl sites for hydroxylation is 1. The zero-order chi connectivity index (χ0) is 20.6. The molecule has 1 amide bonds. The van der Waals surface area contributed by atoms with Crippen LogP contribution in [0, 0.1) is 5.92 Å². The summed E-state index contributed by atoms with van der Waals surface area (Å²) in [5.41, 5.74) is 3.51. The molecule has 0 bridgehead atoms. The Balaban J connectivity index is 1.46. The molecule has 0 N–H and O–H groups in total. The van der Waals surface area contributed by atoms with Gasteiger partial charge in [0.2, 0.25) is 5.91 Å². The fraction of sp³-hybridized carbons (Fsp3) is 0.636. The quantitative estimate of drug-likeness (QED) is 0.719. The van der Waals surface area contributed by atoms with Crippen molar-refractivity contribution in [3.8, 4) is 0 Å². The van der Waals surface area contributed by atoms with Gasteiger partial charge in [0.05, 0.1) is 25.7 Å². The molecule has 4 rings (SSSR count). The second-order valence-corrected chi connectivity index (χ2v) is 8.52. The third-order valence-electron chi connectivity index (χ3n) is 6.95. The Morgan fingerprint density at radius 2 is 1.97 bits per heavy atom. The van der Waals surface area contributed by atoms with Crippen LogP contribution in [-0.4, -0.2) is 68.3 Å². The minimum absolute atomic E-state index is 0.129. The Kier molecular flexibility index (Phi) is 5.53. The van der Waals surface area contributed by atoms with Crippen LogP contribution in [-0.2, 0) is 32.1 Å². The van der Waals surface area contributed by atoms with Crippen LogP contribution >= 0.6 is 0 Å². The number of likely N-dealkylation sites (tertiary alicyclic amines) is 1. The van der Waals surface area contributed by atoms with E-state index >= 15 is 0 Å². The summed E-state index contributed by atoms with van der Waals surface area (Å²) in [6.07, 6.45) is 3.93. The summed E-state index contributed by atoms with van der Waals surface area (Å²) < 4.78 is 5.00. The van der Waals surface area contributed by atoms with Crippen molar-refractivity contribution in [2.75, 3.05) is 45.8 Å². The molecule has 3 heterocycles. The molecule has 1 aromatic rings. The van der Waals surface area contributed by atoms with Crippen molar-refractivity contribution in [3.05, 3.63) is 29.3 Å². The molecule has 3 aliphatic heterocycles. The number of hydroxylamine groups is 2. The van der Waals surface area contributed by atoms with E-state index in [0.29, 0.717) is 12.8 Å². The second-order valence-electron chi connectivity index (χ2n) is 8.52. The van der Waals surface area contributed by atoms with Gasteiger partial charge in [-0.15, -0.1) is 0 Å². The van der Waals surface area contributed by atoms with Crippen molar-refractivity contribution >= 4 is 17.6 Å². The lowest BCUT2D eigenvalue weighted by Crippen LogP contribution is -2.57. The maximum Gasteiger partial charge on any atom is 0.311 e. The van der Waals surface area contributed by atoms with E-state index in [0.717, 1.165) is 32.6 Å². The lowest BCUT2D eigenvalue weighted by molar-refractivity contribution is -0.210. The summed E-state index contributed by atoms with van der Waals surface area (Å²) in [6, 6.07) is 6.81. The number of carbonyl (C=O) groups is 2. The van der Waals surface area contributed by atoms with Gasteiger partial charge in [0.25, 0.3) is 0 Å². The molecule has 0 aromatic heterocycles. The number of anilines is 1. The highest BCUT2D eigenvalue weighted by Crippen LogP contribution is 2.44. The number of rotatable bonds is 4. The minimum Gasteiger partial charge on any atom is -0.469 e. The molecule has 1 spiro atoms. The van der Waals surface area contributed by atoms with Crippen LogP contribution in [0.4, 0.5) is 5.69 Å². The minimum atomic E-state index is -0.589. The maximum absolute atomic E-state index is 12.4. The van der Waals surface area contributed by atoms with Crippen LogP contribution in [0.2, 0.25) is 0 Å². The fourth-order valence-electron chi connectivity index (χ4n) is 5.41. The van der Waals surface area contributed by atoms with Gasteiger partial charge in [-0.2, -0.15) is 0 Å². The van der Waals surface area contributed by atoms with E-state index in [9.17, 15) is 9.59 Å². The number of esters is 1. The van der Waals surface area contributed by atoms with E-state index in [4.69, 9.17) is 9.57 Å². The van der Waals surface area contributed by atoms with Gasteiger partial charge in [-0.1, -0.05) is 12.1 Å². The fourth-order valence-corrected chi connectivity index (χ4v) is 5.41. The topological polar surface area (TPSA) is 62.3 Å². The van der Waals surface area contributed by atoms with Crippen LogP contribution in [0.5, 0.6) is 0 Å². The number of hydrogen-bond donors (Lipinski definition) is 0. The predicted octanol–water partition coefficient (Wildman–Crippen LogP) is 1.99. The summed E-state index contributed by atoms with van der Waals surface area (Å²) in [5.74, 6) is -0.901. The number of methoxy groups -OCH3 is 1. The molecule has 1 unspecified atom stereocenters. The van der Waals surface area contributed by atoms with Crippen molar-refractivity contribution < 1.29 is 19.2 Å². The van der Waals surface area contributed by atoms with Gasteiger partial charge < -0.3 is 9.64 Å². The largest absolute Gasteiger partial charge is 0.469 e. The van der Waals surface area contributed by atoms with Crippen molar-refractivity contribution in [2.24, 2.45) is 5.92 Å². The second kappa shape index (κ2) is 7.95. The third-order valence-corrected chi connectivity index (χ3v) is 6.95. The van der Waals surface area contributed by atoms with Gasteiger partial charge in [-0.05, 0) is 42.9 Å². The van der Waals surface area contributed by atoms with Gasteiger partial charge in [-0.3, -0.25) is 19.3 Å². The van der Waals surface area contributed by atoms with E-state index in [1.54, 1.807) is 0 Å². The summed E-state index contributed by atoms with van der Waals surface area (Å²) in [7, 11) is 5.05. The first-order chi connectivity index (χ1) is 14.0.